The maximum Gasteiger partial charge on any atom is 0.407 e. The molecule has 0 bridgehead atoms. The van der Waals surface area contributed by atoms with E-state index in [1.165, 1.54) is 0 Å². The van der Waals surface area contributed by atoms with Crippen molar-refractivity contribution >= 4 is 6.09 Å². The van der Waals surface area contributed by atoms with E-state index in [1.807, 2.05) is 0 Å². The van der Waals surface area contributed by atoms with E-state index in [0.29, 0.717) is 0 Å². The highest BCUT2D eigenvalue weighted by Gasteiger charge is 2.20. The molecular weight excluding hydrogens is 168 g/mol. The van der Waals surface area contributed by atoms with Crippen LogP contribution in [-0.4, -0.2) is 29.2 Å². The van der Waals surface area contributed by atoms with Crippen molar-refractivity contribution in [1.82, 2.24) is 4.90 Å². The van der Waals surface area contributed by atoms with Gasteiger partial charge in [0.25, 0.3) is 6.08 Å². The molecule has 1 N–H and O–H groups in total. The van der Waals surface area contributed by atoms with Crippen LogP contribution < -0.4 is 0 Å². The lowest BCUT2D eigenvalue weighted by atomic mass is 10.1. The molecule has 1 rings (SSSR count). The molecule has 1 amide bonds. The van der Waals surface area contributed by atoms with Gasteiger partial charge in [0.2, 0.25) is 0 Å². The molecule has 0 aromatic heterocycles. The Bertz CT molecular complexity index is 213. The maximum absolute atomic E-state index is 12.0. The SMILES string of the molecule is O=C(O)N1CCC(=C(F)F)CC1. The summed E-state index contributed by atoms with van der Waals surface area (Å²) in [5.41, 5.74) is 0.0903. The lowest BCUT2D eigenvalue weighted by Gasteiger charge is -2.24. The van der Waals surface area contributed by atoms with E-state index in [4.69, 9.17) is 5.11 Å². The number of carboxylic acid groups (broad SMARTS) is 1. The Labute approximate surface area is 68.3 Å². The summed E-state index contributed by atoms with van der Waals surface area (Å²) in [6.07, 6.45) is -2.36. The molecule has 0 radical (unpaired) electrons. The molecule has 3 nitrogen and oxygen atoms in total. The van der Waals surface area contributed by atoms with E-state index in [0.717, 1.165) is 4.90 Å². The van der Waals surface area contributed by atoms with Gasteiger partial charge in [-0.25, -0.2) is 4.79 Å². The number of likely N-dealkylation sites (tertiary alicyclic amines) is 1. The van der Waals surface area contributed by atoms with Crippen molar-refractivity contribution in [2.75, 3.05) is 13.1 Å². The van der Waals surface area contributed by atoms with Crippen LogP contribution in [0.25, 0.3) is 0 Å². The molecule has 1 heterocycles. The second kappa shape index (κ2) is 3.51. The van der Waals surface area contributed by atoms with Gasteiger partial charge in [-0.2, -0.15) is 8.78 Å². The second-order valence-corrected chi connectivity index (χ2v) is 2.63. The number of halogens is 2. The molecule has 1 aliphatic heterocycles. The molecule has 0 saturated carbocycles. The summed E-state index contributed by atoms with van der Waals surface area (Å²) < 4.78 is 23.9. The van der Waals surface area contributed by atoms with E-state index < -0.39 is 12.2 Å². The molecule has 0 aromatic carbocycles. The van der Waals surface area contributed by atoms with Crippen LogP contribution in [0, 0.1) is 0 Å². The molecule has 5 heteroatoms. The number of hydrogen-bond acceptors (Lipinski definition) is 1. The smallest absolute Gasteiger partial charge is 0.407 e. The van der Waals surface area contributed by atoms with Gasteiger partial charge in [0, 0.05) is 13.1 Å². The van der Waals surface area contributed by atoms with Crippen LogP contribution in [0.5, 0.6) is 0 Å². The third-order valence-electron chi connectivity index (χ3n) is 1.90. The first-order chi connectivity index (χ1) is 5.61. The highest BCUT2D eigenvalue weighted by atomic mass is 19.3. The van der Waals surface area contributed by atoms with Gasteiger partial charge in [-0.1, -0.05) is 0 Å². The number of amides is 1. The van der Waals surface area contributed by atoms with Gasteiger partial charge in [0.1, 0.15) is 0 Å². The minimum absolute atomic E-state index is 0.0903. The quantitative estimate of drug-likeness (QED) is 0.614. The maximum atomic E-state index is 12.0. The molecule has 1 saturated heterocycles. The van der Waals surface area contributed by atoms with Gasteiger partial charge in [-0.3, -0.25) is 0 Å². The fourth-order valence-electron chi connectivity index (χ4n) is 1.16. The van der Waals surface area contributed by atoms with E-state index in [1.54, 1.807) is 0 Å². The Hall–Kier alpha value is -1.13. The number of rotatable bonds is 0. The zero-order valence-corrected chi connectivity index (χ0v) is 6.39. The van der Waals surface area contributed by atoms with Crippen LogP contribution in [0.3, 0.4) is 0 Å². The predicted molar refractivity (Wildman–Crippen MR) is 38.1 cm³/mol. The molecule has 1 aliphatic rings. The zero-order valence-electron chi connectivity index (χ0n) is 6.39. The number of nitrogens with zero attached hydrogens (tertiary/aromatic N) is 1. The molecular formula is C7H9F2NO2. The van der Waals surface area contributed by atoms with Crippen LogP contribution >= 0.6 is 0 Å². The van der Waals surface area contributed by atoms with Crippen LogP contribution in [0.1, 0.15) is 12.8 Å². The zero-order chi connectivity index (χ0) is 9.14. The van der Waals surface area contributed by atoms with Gasteiger partial charge >= 0.3 is 6.09 Å². The first-order valence-corrected chi connectivity index (χ1v) is 3.62. The number of piperidine rings is 1. The molecule has 68 valence electrons. The van der Waals surface area contributed by atoms with E-state index in [2.05, 4.69) is 0 Å². The van der Waals surface area contributed by atoms with E-state index in [-0.39, 0.29) is 31.5 Å². The topological polar surface area (TPSA) is 40.5 Å². The fraction of sp³-hybridized carbons (Fsp3) is 0.571. The molecule has 0 unspecified atom stereocenters. The second-order valence-electron chi connectivity index (χ2n) is 2.63. The van der Waals surface area contributed by atoms with Crippen molar-refractivity contribution in [3.8, 4) is 0 Å². The normalized spacial score (nSPS) is 17.8. The summed E-state index contributed by atoms with van der Waals surface area (Å²) in [6, 6.07) is 0. The summed E-state index contributed by atoms with van der Waals surface area (Å²) in [7, 11) is 0. The summed E-state index contributed by atoms with van der Waals surface area (Å²) >= 11 is 0. The summed E-state index contributed by atoms with van der Waals surface area (Å²) in [4.78, 5) is 11.5. The van der Waals surface area contributed by atoms with Crippen LogP contribution in [0.4, 0.5) is 13.6 Å². The van der Waals surface area contributed by atoms with Gasteiger partial charge in [0.05, 0.1) is 0 Å². The lowest BCUT2D eigenvalue weighted by molar-refractivity contribution is 0.140. The first-order valence-electron chi connectivity index (χ1n) is 3.62. The highest BCUT2D eigenvalue weighted by molar-refractivity contribution is 5.65. The fourth-order valence-corrected chi connectivity index (χ4v) is 1.16. The van der Waals surface area contributed by atoms with Crippen molar-refractivity contribution in [3.05, 3.63) is 11.7 Å². The largest absolute Gasteiger partial charge is 0.465 e. The van der Waals surface area contributed by atoms with E-state index in [9.17, 15) is 13.6 Å². The molecule has 12 heavy (non-hydrogen) atoms. The standard InChI is InChI=1S/C7H9F2NO2/c8-6(9)5-1-3-10(4-2-5)7(11)12/h1-4H2,(H,11,12). The summed E-state index contributed by atoms with van der Waals surface area (Å²) in [5, 5.41) is 8.49. The van der Waals surface area contributed by atoms with Crippen molar-refractivity contribution in [1.29, 1.82) is 0 Å². The number of carbonyl (C=O) groups is 1. The average molecular weight is 177 g/mol. The Morgan fingerprint density at radius 3 is 2.17 bits per heavy atom. The van der Waals surface area contributed by atoms with Crippen molar-refractivity contribution in [2.45, 2.75) is 12.8 Å². The average Bonchev–Trinajstić information content (AvgIpc) is 2.04. The summed E-state index contributed by atoms with van der Waals surface area (Å²) in [5.74, 6) is 0. The molecule has 0 aliphatic carbocycles. The van der Waals surface area contributed by atoms with Gasteiger partial charge < -0.3 is 10.0 Å². The lowest BCUT2D eigenvalue weighted by Crippen LogP contribution is -2.35. The predicted octanol–water partition coefficient (Wildman–Crippen LogP) is 1.91. The third kappa shape index (κ3) is 1.93. The Morgan fingerprint density at radius 2 is 1.83 bits per heavy atom. The van der Waals surface area contributed by atoms with Gasteiger partial charge in [-0.05, 0) is 18.4 Å². The Balaban J connectivity index is 2.51. The monoisotopic (exact) mass is 177 g/mol. The minimum Gasteiger partial charge on any atom is -0.465 e. The van der Waals surface area contributed by atoms with E-state index >= 15 is 0 Å². The number of hydrogen-bond donors (Lipinski definition) is 1. The Kier molecular flexibility index (Phi) is 2.62. The molecule has 0 atom stereocenters. The third-order valence-corrected chi connectivity index (χ3v) is 1.90. The van der Waals surface area contributed by atoms with Crippen LogP contribution in [0.2, 0.25) is 0 Å². The van der Waals surface area contributed by atoms with Gasteiger partial charge in [-0.15, -0.1) is 0 Å². The molecule has 0 spiro atoms. The molecule has 1 fully saturated rings. The van der Waals surface area contributed by atoms with Gasteiger partial charge in [0.15, 0.2) is 0 Å². The van der Waals surface area contributed by atoms with Crippen molar-refractivity contribution < 1.29 is 18.7 Å². The van der Waals surface area contributed by atoms with Crippen LogP contribution in [-0.2, 0) is 0 Å². The Morgan fingerprint density at radius 1 is 1.33 bits per heavy atom. The first kappa shape index (κ1) is 8.96. The minimum atomic E-state index is -1.65. The van der Waals surface area contributed by atoms with Crippen molar-refractivity contribution in [3.63, 3.8) is 0 Å². The highest BCUT2D eigenvalue weighted by Crippen LogP contribution is 2.21. The van der Waals surface area contributed by atoms with Crippen molar-refractivity contribution in [2.24, 2.45) is 0 Å². The summed E-state index contributed by atoms with van der Waals surface area (Å²) in [6.45, 7) is 0.365. The molecule has 0 aromatic rings. The van der Waals surface area contributed by atoms with Crippen LogP contribution in [0.15, 0.2) is 11.7 Å².